The second-order valence-corrected chi connectivity index (χ2v) is 12.1. The van der Waals surface area contributed by atoms with Crippen LogP contribution in [0.1, 0.15) is 37.6 Å². The molecule has 38 heavy (non-hydrogen) atoms. The number of nitrogens with one attached hydrogen (secondary N) is 1. The minimum atomic E-state index is -3.83. The molecular weight excluding hydrogens is 508 g/mol. The van der Waals surface area contributed by atoms with E-state index < -0.39 is 38.9 Å². The molecule has 3 aromatic rings. The summed E-state index contributed by atoms with van der Waals surface area (Å²) in [6.07, 6.45) is 0.0580. The van der Waals surface area contributed by atoms with E-state index in [1.54, 1.807) is 62.1 Å². The van der Waals surface area contributed by atoms with Gasteiger partial charge in [0.05, 0.1) is 17.9 Å². The van der Waals surface area contributed by atoms with E-state index in [4.69, 9.17) is 14.2 Å². The molecule has 0 amide bonds. The molecule has 0 bridgehead atoms. The summed E-state index contributed by atoms with van der Waals surface area (Å²) < 4.78 is 45.6. The zero-order valence-corrected chi connectivity index (χ0v) is 22.7. The Morgan fingerprint density at radius 3 is 2.34 bits per heavy atom. The maximum atomic E-state index is 13.4. The zero-order chi connectivity index (χ0) is 27.5. The molecule has 1 fully saturated rings. The maximum absolute atomic E-state index is 13.4. The first-order chi connectivity index (χ1) is 17.9. The van der Waals surface area contributed by atoms with Gasteiger partial charge in [0, 0.05) is 12.2 Å². The molecule has 0 saturated carbocycles. The van der Waals surface area contributed by atoms with Gasteiger partial charge in [-0.2, -0.15) is 0 Å². The minimum absolute atomic E-state index is 0.0382. The molecule has 9 nitrogen and oxygen atoms in total. The van der Waals surface area contributed by atoms with Crippen molar-refractivity contribution >= 4 is 38.4 Å². The predicted molar refractivity (Wildman–Crippen MR) is 145 cm³/mol. The van der Waals surface area contributed by atoms with Gasteiger partial charge >= 0.3 is 11.9 Å². The van der Waals surface area contributed by atoms with Gasteiger partial charge in [0.2, 0.25) is 10.0 Å². The Hall–Kier alpha value is -3.63. The van der Waals surface area contributed by atoms with Gasteiger partial charge in [-0.3, -0.25) is 14.4 Å². The number of likely N-dealkylation sites (tertiary alicyclic amines) is 1. The second kappa shape index (κ2) is 11.0. The van der Waals surface area contributed by atoms with Crippen LogP contribution in [-0.4, -0.2) is 62.5 Å². The fourth-order valence-corrected chi connectivity index (χ4v) is 5.75. The number of anilines is 1. The van der Waals surface area contributed by atoms with Crippen LogP contribution in [0.15, 0.2) is 66.7 Å². The molecule has 0 aliphatic carbocycles. The van der Waals surface area contributed by atoms with E-state index >= 15 is 0 Å². The van der Waals surface area contributed by atoms with Crippen molar-refractivity contribution in [2.24, 2.45) is 0 Å². The second-order valence-electron chi connectivity index (χ2n) is 10.2. The van der Waals surface area contributed by atoms with Crippen molar-refractivity contribution in [3.63, 3.8) is 0 Å². The van der Waals surface area contributed by atoms with Crippen molar-refractivity contribution in [3.05, 3.63) is 72.3 Å². The van der Waals surface area contributed by atoms with Crippen LogP contribution in [0.4, 0.5) is 5.69 Å². The quantitative estimate of drug-likeness (QED) is 0.424. The summed E-state index contributed by atoms with van der Waals surface area (Å²) >= 11 is 0. The summed E-state index contributed by atoms with van der Waals surface area (Å²) in [5.41, 5.74) is 0.102. The highest BCUT2D eigenvalue weighted by atomic mass is 32.2. The normalized spacial score (nSPS) is 18.2. The first-order valence-electron chi connectivity index (χ1n) is 12.2. The Balaban J connectivity index is 1.50. The topological polar surface area (TPSA) is 111 Å². The van der Waals surface area contributed by atoms with Gasteiger partial charge < -0.3 is 14.2 Å². The molecule has 1 saturated heterocycles. The Morgan fingerprint density at radius 2 is 1.68 bits per heavy atom. The van der Waals surface area contributed by atoms with Crippen LogP contribution in [-0.2, 0) is 24.3 Å². The van der Waals surface area contributed by atoms with E-state index in [1.807, 2.05) is 30.3 Å². The number of sulfonamides is 1. The molecule has 1 heterocycles. The van der Waals surface area contributed by atoms with Crippen molar-refractivity contribution in [1.29, 1.82) is 0 Å². The Bertz CT molecular complexity index is 1420. The van der Waals surface area contributed by atoms with E-state index in [1.165, 1.54) is 7.11 Å². The first-order valence-corrected chi connectivity index (χ1v) is 13.8. The lowest BCUT2D eigenvalue weighted by molar-refractivity contribution is -0.161. The number of esters is 2. The molecule has 1 aliphatic heterocycles. The van der Waals surface area contributed by atoms with E-state index in [-0.39, 0.29) is 19.7 Å². The van der Waals surface area contributed by atoms with Crippen molar-refractivity contribution in [3.8, 4) is 5.75 Å². The number of rotatable bonds is 8. The minimum Gasteiger partial charge on any atom is -0.478 e. The predicted octanol–water partition coefficient (Wildman–Crippen LogP) is 4.19. The number of hydrogen-bond donors (Lipinski definition) is 1. The third-order valence-corrected chi connectivity index (χ3v) is 7.90. The summed E-state index contributed by atoms with van der Waals surface area (Å²) in [6, 6.07) is 18.6. The molecule has 0 aromatic heterocycles. The molecule has 4 rings (SSSR count). The fourth-order valence-electron chi connectivity index (χ4n) is 4.31. The van der Waals surface area contributed by atoms with Gasteiger partial charge in [-0.15, -0.1) is 0 Å². The van der Waals surface area contributed by atoms with Crippen LogP contribution in [0.5, 0.6) is 5.75 Å². The Morgan fingerprint density at radius 1 is 1.00 bits per heavy atom. The van der Waals surface area contributed by atoms with Gasteiger partial charge in [-0.25, -0.2) is 13.2 Å². The van der Waals surface area contributed by atoms with Crippen LogP contribution >= 0.6 is 0 Å². The maximum Gasteiger partial charge on any atom is 0.337 e. The number of carbonyl (C=O) groups excluding carboxylic acids is 2. The van der Waals surface area contributed by atoms with E-state index in [9.17, 15) is 18.0 Å². The Kier molecular flexibility index (Phi) is 7.94. The average Bonchev–Trinajstić information content (AvgIpc) is 3.32. The van der Waals surface area contributed by atoms with Crippen molar-refractivity contribution < 1.29 is 32.2 Å². The van der Waals surface area contributed by atoms with Crippen LogP contribution in [0.25, 0.3) is 10.8 Å². The summed E-state index contributed by atoms with van der Waals surface area (Å²) in [6.45, 7) is 5.33. The lowest BCUT2D eigenvalue weighted by Gasteiger charge is -2.27. The molecule has 2 atom stereocenters. The third kappa shape index (κ3) is 6.62. The highest BCUT2D eigenvalue weighted by Crippen LogP contribution is 2.28. The van der Waals surface area contributed by atoms with E-state index in [0.717, 1.165) is 10.8 Å². The highest BCUT2D eigenvalue weighted by molar-refractivity contribution is 7.93. The first kappa shape index (κ1) is 27.4. The number of hydrogen-bond acceptors (Lipinski definition) is 8. The molecule has 1 aliphatic rings. The summed E-state index contributed by atoms with van der Waals surface area (Å²) in [5.74, 6) is -0.514. The number of fused-ring (bicyclic) bond motifs is 1. The number of methoxy groups -OCH3 is 1. The van der Waals surface area contributed by atoms with Crippen molar-refractivity contribution in [1.82, 2.24) is 4.90 Å². The van der Waals surface area contributed by atoms with Crippen LogP contribution < -0.4 is 9.46 Å². The fraction of sp³-hybridized carbons (Fsp3) is 0.357. The molecule has 0 spiro atoms. The average molecular weight is 541 g/mol. The zero-order valence-electron chi connectivity index (χ0n) is 21.8. The smallest absolute Gasteiger partial charge is 0.337 e. The SMILES string of the molecule is COC(=O)c1ccc(OCN2C[C@@H](S(=O)(=O)Nc3ccc4ccccc4c3)C[C@H]2C(=O)OC(C)(C)C)cc1. The molecule has 10 heteroatoms. The van der Waals surface area contributed by atoms with Gasteiger partial charge in [0.15, 0.2) is 0 Å². The number of benzene rings is 3. The van der Waals surface area contributed by atoms with E-state index in [0.29, 0.717) is 17.0 Å². The monoisotopic (exact) mass is 540 g/mol. The lowest BCUT2D eigenvalue weighted by atomic mass is 10.1. The lowest BCUT2D eigenvalue weighted by Crippen LogP contribution is -2.42. The molecule has 202 valence electrons. The van der Waals surface area contributed by atoms with Gasteiger partial charge in [0.1, 0.15) is 24.1 Å². The molecule has 0 unspecified atom stereocenters. The molecule has 0 radical (unpaired) electrons. The number of carbonyl (C=O) groups is 2. The summed E-state index contributed by atoms with van der Waals surface area (Å²) in [4.78, 5) is 26.3. The highest BCUT2D eigenvalue weighted by Gasteiger charge is 2.44. The molecular formula is C28H32N2O7S. The van der Waals surface area contributed by atoms with Crippen LogP contribution in [0, 0.1) is 0 Å². The third-order valence-electron chi connectivity index (χ3n) is 6.16. The van der Waals surface area contributed by atoms with Crippen LogP contribution in [0.2, 0.25) is 0 Å². The van der Waals surface area contributed by atoms with Gasteiger partial charge in [-0.1, -0.05) is 30.3 Å². The van der Waals surface area contributed by atoms with Crippen LogP contribution in [0.3, 0.4) is 0 Å². The summed E-state index contributed by atoms with van der Waals surface area (Å²) in [7, 11) is -2.53. The number of nitrogens with zero attached hydrogens (tertiary/aromatic N) is 1. The molecule has 1 N–H and O–H groups in total. The van der Waals surface area contributed by atoms with Gasteiger partial charge in [-0.05, 0) is 74.4 Å². The van der Waals surface area contributed by atoms with E-state index in [2.05, 4.69) is 4.72 Å². The standard InChI is InChI=1S/C28H32N2O7S/c1-28(2,3)37-27(32)25-16-24(17-30(25)18-36-23-13-10-20(11-14-23)26(31)35-4)38(33,34)29-22-12-9-19-7-5-6-8-21(19)15-22/h5-15,24-25,29H,16-18H2,1-4H3/t24-,25-/m0/s1. The number of ether oxygens (including phenoxy) is 3. The van der Waals surface area contributed by atoms with Gasteiger partial charge in [0.25, 0.3) is 0 Å². The summed E-state index contributed by atoms with van der Waals surface area (Å²) in [5, 5.41) is 1.06. The van der Waals surface area contributed by atoms with Crippen molar-refractivity contribution in [2.75, 3.05) is 25.1 Å². The Labute approximate surface area is 222 Å². The molecule has 3 aromatic carbocycles. The largest absolute Gasteiger partial charge is 0.478 e. The van der Waals surface area contributed by atoms with Crippen molar-refractivity contribution in [2.45, 2.75) is 44.1 Å².